The molecule has 29 heavy (non-hydrogen) atoms. The average molecular weight is 416 g/mol. The Morgan fingerprint density at radius 2 is 1.79 bits per heavy atom. The third-order valence-corrected chi connectivity index (χ3v) is 5.12. The topological polar surface area (TPSA) is 81.7 Å². The summed E-state index contributed by atoms with van der Waals surface area (Å²) in [6.07, 6.45) is -0.903. The van der Waals surface area contributed by atoms with E-state index in [2.05, 4.69) is 5.32 Å². The highest BCUT2D eigenvalue weighted by atomic mass is 32.2. The molecule has 1 amide bonds. The van der Waals surface area contributed by atoms with Crippen molar-refractivity contribution < 1.29 is 23.9 Å². The van der Waals surface area contributed by atoms with Crippen molar-refractivity contribution in [2.45, 2.75) is 32.6 Å². The number of carbonyl (C=O) groups is 3. The van der Waals surface area contributed by atoms with E-state index in [9.17, 15) is 14.4 Å². The minimum Gasteiger partial charge on any atom is -0.496 e. The number of thioether (sulfide) groups is 1. The molecule has 0 bridgehead atoms. The highest BCUT2D eigenvalue weighted by Gasteiger charge is 2.18. The van der Waals surface area contributed by atoms with Crippen molar-refractivity contribution in [3.05, 3.63) is 59.2 Å². The molecule has 0 aliphatic rings. The van der Waals surface area contributed by atoms with Crippen molar-refractivity contribution >= 4 is 35.1 Å². The molecule has 2 aromatic rings. The number of nitrogens with one attached hydrogen (secondary N) is 1. The summed E-state index contributed by atoms with van der Waals surface area (Å²) in [6, 6.07) is 12.6. The Morgan fingerprint density at radius 1 is 1.10 bits per heavy atom. The van der Waals surface area contributed by atoms with Gasteiger partial charge in [0.15, 0.2) is 11.9 Å². The predicted molar refractivity (Wildman–Crippen MR) is 115 cm³/mol. The first-order valence-corrected chi connectivity index (χ1v) is 10.3. The van der Waals surface area contributed by atoms with Gasteiger partial charge in [-0.25, -0.2) is 0 Å². The van der Waals surface area contributed by atoms with Gasteiger partial charge in [-0.05, 0) is 51.1 Å². The molecule has 1 N–H and O–H groups in total. The van der Waals surface area contributed by atoms with E-state index >= 15 is 0 Å². The molecule has 7 heteroatoms. The Labute approximate surface area is 175 Å². The molecule has 0 fully saturated rings. The second-order valence-corrected chi connectivity index (χ2v) is 7.55. The minimum absolute atomic E-state index is 0.0354. The van der Waals surface area contributed by atoms with Crippen molar-refractivity contribution in [3.8, 4) is 5.75 Å². The van der Waals surface area contributed by atoms with Gasteiger partial charge in [0.05, 0.1) is 12.9 Å². The van der Waals surface area contributed by atoms with Crippen molar-refractivity contribution in [1.29, 1.82) is 0 Å². The molecule has 2 rings (SSSR count). The van der Waals surface area contributed by atoms with Crippen LogP contribution < -0.4 is 10.1 Å². The van der Waals surface area contributed by atoms with Crippen LogP contribution in [-0.2, 0) is 20.1 Å². The number of benzene rings is 2. The second-order valence-electron chi connectivity index (χ2n) is 6.56. The quantitative estimate of drug-likeness (QED) is 0.492. The maximum absolute atomic E-state index is 12.2. The molecule has 0 saturated heterocycles. The fourth-order valence-corrected chi connectivity index (χ4v) is 3.30. The molecule has 0 spiro atoms. The van der Waals surface area contributed by atoms with E-state index in [0.29, 0.717) is 22.8 Å². The number of carbonyl (C=O) groups excluding carboxylic acids is 3. The molecule has 0 radical (unpaired) electrons. The third-order valence-electron chi connectivity index (χ3n) is 4.16. The lowest BCUT2D eigenvalue weighted by Crippen LogP contribution is -2.30. The Balaban J connectivity index is 1.83. The Morgan fingerprint density at radius 3 is 2.41 bits per heavy atom. The molecule has 154 valence electrons. The summed E-state index contributed by atoms with van der Waals surface area (Å²) in [5.74, 6) is 0.304. The van der Waals surface area contributed by atoms with Gasteiger partial charge in [-0.3, -0.25) is 14.4 Å². The van der Waals surface area contributed by atoms with Gasteiger partial charge in [-0.15, -0.1) is 11.8 Å². The number of ketones is 1. The minimum atomic E-state index is -0.903. The predicted octanol–water partition coefficient (Wildman–Crippen LogP) is 4.01. The summed E-state index contributed by atoms with van der Waals surface area (Å²) >= 11 is 1.33. The number of aryl methyl sites for hydroxylation is 1. The normalized spacial score (nSPS) is 11.4. The third kappa shape index (κ3) is 6.94. The van der Waals surface area contributed by atoms with Gasteiger partial charge in [-0.2, -0.15) is 0 Å². The first kappa shape index (κ1) is 22.5. The fraction of sp³-hybridized carbons (Fsp3) is 0.318. The van der Waals surface area contributed by atoms with Crippen LogP contribution in [0.15, 0.2) is 42.5 Å². The number of Topliss-reactive ketones (excluding diaryl/α,β-unsaturated/α-hetero) is 1. The number of methoxy groups -OCH3 is 1. The van der Waals surface area contributed by atoms with Gasteiger partial charge >= 0.3 is 5.97 Å². The summed E-state index contributed by atoms with van der Waals surface area (Å²) in [5.41, 5.74) is 3.15. The molecule has 0 aromatic heterocycles. The Kier molecular flexibility index (Phi) is 8.27. The van der Waals surface area contributed by atoms with E-state index in [-0.39, 0.29) is 17.4 Å². The molecule has 0 heterocycles. The van der Waals surface area contributed by atoms with E-state index in [4.69, 9.17) is 9.47 Å². The van der Waals surface area contributed by atoms with Crippen LogP contribution in [0, 0.1) is 6.92 Å². The van der Waals surface area contributed by atoms with Gasteiger partial charge < -0.3 is 14.8 Å². The number of ether oxygens (including phenoxy) is 2. The smallest absolute Gasteiger partial charge is 0.316 e. The van der Waals surface area contributed by atoms with Gasteiger partial charge in [0, 0.05) is 22.6 Å². The fourth-order valence-electron chi connectivity index (χ4n) is 2.52. The molecule has 0 unspecified atom stereocenters. The molecular weight excluding hydrogens is 390 g/mol. The maximum Gasteiger partial charge on any atom is 0.316 e. The van der Waals surface area contributed by atoms with Crippen LogP contribution in [0.4, 0.5) is 5.69 Å². The van der Waals surface area contributed by atoms with Crippen molar-refractivity contribution in [3.63, 3.8) is 0 Å². The maximum atomic E-state index is 12.2. The number of hydrogen-bond donors (Lipinski definition) is 1. The lowest BCUT2D eigenvalue weighted by Gasteiger charge is -2.14. The SMILES string of the molecule is COc1ccc(C(C)=O)cc1CSCC(=O)O[C@@H](C)C(=O)Nc1ccc(C)cc1. The molecular formula is C22H25NO5S. The zero-order chi connectivity index (χ0) is 21.4. The van der Waals surface area contributed by atoms with E-state index in [1.807, 2.05) is 19.1 Å². The Bertz CT molecular complexity index is 879. The summed E-state index contributed by atoms with van der Waals surface area (Å²) in [5, 5.41) is 2.72. The number of hydrogen-bond acceptors (Lipinski definition) is 6. The first-order valence-electron chi connectivity index (χ1n) is 9.12. The molecule has 0 saturated carbocycles. The highest BCUT2D eigenvalue weighted by molar-refractivity contribution is 7.99. The van der Waals surface area contributed by atoms with Gasteiger partial charge in [0.1, 0.15) is 5.75 Å². The average Bonchev–Trinajstić information content (AvgIpc) is 2.69. The molecule has 2 aromatic carbocycles. The van der Waals surface area contributed by atoms with E-state index in [1.165, 1.54) is 25.6 Å². The molecule has 6 nitrogen and oxygen atoms in total. The monoisotopic (exact) mass is 415 g/mol. The van der Waals surface area contributed by atoms with Crippen LogP contribution in [0.5, 0.6) is 5.75 Å². The van der Waals surface area contributed by atoms with Crippen LogP contribution in [0.25, 0.3) is 0 Å². The van der Waals surface area contributed by atoms with Crippen LogP contribution >= 0.6 is 11.8 Å². The summed E-state index contributed by atoms with van der Waals surface area (Å²) in [6.45, 7) is 4.99. The number of esters is 1. The largest absolute Gasteiger partial charge is 0.496 e. The standard InChI is InChI=1S/C22H25NO5S/c1-14-5-8-19(9-6-14)23-22(26)16(3)28-21(25)13-29-12-18-11-17(15(2)24)7-10-20(18)27-4/h5-11,16H,12-13H2,1-4H3,(H,23,26)/t16-/m0/s1. The van der Waals surface area contributed by atoms with E-state index in [0.717, 1.165) is 11.1 Å². The van der Waals surface area contributed by atoms with Crippen LogP contribution in [0.3, 0.4) is 0 Å². The van der Waals surface area contributed by atoms with Crippen molar-refractivity contribution in [2.24, 2.45) is 0 Å². The Hall–Kier alpha value is -2.80. The van der Waals surface area contributed by atoms with Gasteiger partial charge in [0.2, 0.25) is 0 Å². The van der Waals surface area contributed by atoms with Crippen LogP contribution in [-0.4, -0.2) is 36.6 Å². The van der Waals surface area contributed by atoms with Gasteiger partial charge in [0.25, 0.3) is 5.91 Å². The van der Waals surface area contributed by atoms with E-state index < -0.39 is 12.1 Å². The van der Waals surface area contributed by atoms with Crippen LogP contribution in [0.1, 0.15) is 35.3 Å². The zero-order valence-corrected chi connectivity index (χ0v) is 17.8. The second kappa shape index (κ2) is 10.7. The zero-order valence-electron chi connectivity index (χ0n) is 17.0. The van der Waals surface area contributed by atoms with Crippen molar-refractivity contribution in [1.82, 2.24) is 0 Å². The molecule has 1 atom stereocenters. The summed E-state index contributed by atoms with van der Waals surface area (Å²) in [7, 11) is 1.56. The first-order chi connectivity index (χ1) is 13.8. The summed E-state index contributed by atoms with van der Waals surface area (Å²) in [4.78, 5) is 35.8. The van der Waals surface area contributed by atoms with Gasteiger partial charge in [-0.1, -0.05) is 17.7 Å². The lowest BCUT2D eigenvalue weighted by molar-refractivity contribution is -0.150. The van der Waals surface area contributed by atoms with Crippen molar-refractivity contribution in [2.75, 3.05) is 18.2 Å². The summed E-state index contributed by atoms with van der Waals surface area (Å²) < 4.78 is 10.5. The van der Waals surface area contributed by atoms with E-state index in [1.54, 1.807) is 37.4 Å². The number of anilines is 1. The molecule has 0 aliphatic carbocycles. The van der Waals surface area contributed by atoms with Crippen LogP contribution in [0.2, 0.25) is 0 Å². The number of rotatable bonds is 9. The lowest BCUT2D eigenvalue weighted by atomic mass is 10.1. The molecule has 0 aliphatic heterocycles. The highest BCUT2D eigenvalue weighted by Crippen LogP contribution is 2.25. The number of amides is 1.